The Morgan fingerprint density at radius 2 is 1.90 bits per heavy atom. The summed E-state index contributed by atoms with van der Waals surface area (Å²) in [6.45, 7) is 2.21. The van der Waals surface area contributed by atoms with E-state index in [-0.39, 0.29) is 0 Å². The minimum Gasteiger partial charge on any atom is -0.328 e. The summed E-state index contributed by atoms with van der Waals surface area (Å²) in [5, 5.41) is 1.09. The summed E-state index contributed by atoms with van der Waals surface area (Å²) in [5.74, 6) is 0. The van der Waals surface area contributed by atoms with Crippen molar-refractivity contribution in [2.24, 2.45) is 5.73 Å². The highest BCUT2D eigenvalue weighted by Crippen LogP contribution is 2.05. The predicted molar refractivity (Wildman–Crippen MR) is 50.5 cm³/mol. The number of halogens is 1. The zero-order valence-corrected chi connectivity index (χ0v) is 8.36. The maximum Gasteiger partial charge on any atom is 0.00391 e. The molecular weight excluding hydrogens is 190 g/mol. The molecule has 62 valence electrons. The van der Waals surface area contributed by atoms with Crippen LogP contribution < -0.4 is 5.73 Å². The molecule has 0 aliphatic heterocycles. The Morgan fingerprint density at radius 3 is 2.40 bits per heavy atom. The summed E-state index contributed by atoms with van der Waals surface area (Å²) in [6.07, 6.45) is 6.13. The SMILES string of the molecule is CCCCC(N)CCCBr. The minimum atomic E-state index is 0.442. The van der Waals surface area contributed by atoms with Crippen molar-refractivity contribution in [2.75, 3.05) is 5.33 Å². The van der Waals surface area contributed by atoms with Crippen LogP contribution in [0.15, 0.2) is 0 Å². The Labute approximate surface area is 72.5 Å². The fourth-order valence-electron chi connectivity index (χ4n) is 0.950. The third-order valence-corrected chi connectivity index (χ3v) is 2.20. The molecule has 0 aliphatic rings. The van der Waals surface area contributed by atoms with Gasteiger partial charge in [0.25, 0.3) is 0 Å². The minimum absolute atomic E-state index is 0.442. The van der Waals surface area contributed by atoms with Crippen LogP contribution in [0.25, 0.3) is 0 Å². The molecule has 0 fully saturated rings. The lowest BCUT2D eigenvalue weighted by Gasteiger charge is -2.08. The molecule has 2 N–H and O–H groups in total. The molecule has 10 heavy (non-hydrogen) atoms. The molecule has 0 aromatic heterocycles. The van der Waals surface area contributed by atoms with Gasteiger partial charge in [-0.1, -0.05) is 35.7 Å². The lowest BCUT2D eigenvalue weighted by Crippen LogP contribution is -2.19. The molecule has 0 radical (unpaired) electrons. The van der Waals surface area contributed by atoms with E-state index in [1.165, 1.54) is 32.1 Å². The van der Waals surface area contributed by atoms with E-state index in [0.29, 0.717) is 6.04 Å². The van der Waals surface area contributed by atoms with E-state index < -0.39 is 0 Å². The summed E-state index contributed by atoms with van der Waals surface area (Å²) >= 11 is 3.39. The van der Waals surface area contributed by atoms with Gasteiger partial charge in [-0.2, -0.15) is 0 Å². The molecule has 0 amide bonds. The average Bonchev–Trinajstić information content (AvgIpc) is 1.97. The molecule has 0 bridgehead atoms. The Bertz CT molecular complexity index is 58.3. The smallest absolute Gasteiger partial charge is 0.00391 e. The van der Waals surface area contributed by atoms with Gasteiger partial charge in [0.05, 0.1) is 0 Å². The topological polar surface area (TPSA) is 26.0 Å². The van der Waals surface area contributed by atoms with Crippen LogP contribution >= 0.6 is 15.9 Å². The number of rotatable bonds is 6. The normalized spacial score (nSPS) is 13.5. The second kappa shape index (κ2) is 7.55. The van der Waals surface area contributed by atoms with Crippen LogP contribution in [0.5, 0.6) is 0 Å². The molecule has 0 rings (SSSR count). The van der Waals surface area contributed by atoms with Gasteiger partial charge in [-0.3, -0.25) is 0 Å². The van der Waals surface area contributed by atoms with E-state index in [9.17, 15) is 0 Å². The molecule has 0 aliphatic carbocycles. The van der Waals surface area contributed by atoms with E-state index >= 15 is 0 Å². The van der Waals surface area contributed by atoms with Crippen molar-refractivity contribution in [1.82, 2.24) is 0 Å². The Hall–Kier alpha value is 0.440. The van der Waals surface area contributed by atoms with Crippen LogP contribution in [0.3, 0.4) is 0 Å². The third kappa shape index (κ3) is 6.56. The summed E-state index contributed by atoms with van der Waals surface area (Å²) in [6, 6.07) is 0.442. The first-order valence-corrected chi connectivity index (χ1v) is 5.25. The Balaban J connectivity index is 3.00. The van der Waals surface area contributed by atoms with Crippen molar-refractivity contribution in [2.45, 2.75) is 45.1 Å². The van der Waals surface area contributed by atoms with Crippen molar-refractivity contribution in [1.29, 1.82) is 0 Å². The number of hydrogen-bond acceptors (Lipinski definition) is 1. The molecule has 1 nitrogen and oxygen atoms in total. The van der Waals surface area contributed by atoms with Gasteiger partial charge < -0.3 is 5.73 Å². The summed E-state index contributed by atoms with van der Waals surface area (Å²) in [4.78, 5) is 0. The molecule has 1 atom stereocenters. The molecule has 1 unspecified atom stereocenters. The molecule has 0 saturated carbocycles. The number of hydrogen-bond donors (Lipinski definition) is 1. The number of nitrogens with two attached hydrogens (primary N) is 1. The zero-order chi connectivity index (χ0) is 7.82. The van der Waals surface area contributed by atoms with E-state index in [0.717, 1.165) is 5.33 Å². The van der Waals surface area contributed by atoms with E-state index in [1.807, 2.05) is 0 Å². The monoisotopic (exact) mass is 207 g/mol. The van der Waals surface area contributed by atoms with Crippen LogP contribution in [0.1, 0.15) is 39.0 Å². The van der Waals surface area contributed by atoms with Crippen LogP contribution in [-0.2, 0) is 0 Å². The van der Waals surface area contributed by atoms with Crippen molar-refractivity contribution < 1.29 is 0 Å². The first kappa shape index (κ1) is 10.4. The molecule has 0 heterocycles. The van der Waals surface area contributed by atoms with Gasteiger partial charge in [0.15, 0.2) is 0 Å². The standard InChI is InChI=1S/C8H18BrN/c1-2-3-5-8(10)6-4-7-9/h8H,2-7,10H2,1H3. The highest BCUT2D eigenvalue weighted by atomic mass is 79.9. The van der Waals surface area contributed by atoms with Crippen molar-refractivity contribution in [3.63, 3.8) is 0 Å². The lowest BCUT2D eigenvalue weighted by molar-refractivity contribution is 0.537. The fourth-order valence-corrected chi connectivity index (χ4v) is 1.27. The van der Waals surface area contributed by atoms with Crippen molar-refractivity contribution in [3.05, 3.63) is 0 Å². The largest absolute Gasteiger partial charge is 0.328 e. The molecule has 2 heteroatoms. The third-order valence-electron chi connectivity index (χ3n) is 1.64. The quantitative estimate of drug-likeness (QED) is 0.667. The first-order chi connectivity index (χ1) is 4.81. The van der Waals surface area contributed by atoms with Gasteiger partial charge >= 0.3 is 0 Å². The highest BCUT2D eigenvalue weighted by Gasteiger charge is 1.99. The maximum atomic E-state index is 5.82. The van der Waals surface area contributed by atoms with Gasteiger partial charge in [0.2, 0.25) is 0 Å². The van der Waals surface area contributed by atoms with Gasteiger partial charge in [-0.05, 0) is 19.3 Å². The van der Waals surface area contributed by atoms with Gasteiger partial charge in [0, 0.05) is 11.4 Å². The molecule has 0 aromatic rings. The van der Waals surface area contributed by atoms with Crippen LogP contribution in [-0.4, -0.2) is 11.4 Å². The summed E-state index contributed by atoms with van der Waals surface area (Å²) in [7, 11) is 0. The highest BCUT2D eigenvalue weighted by molar-refractivity contribution is 9.09. The van der Waals surface area contributed by atoms with Gasteiger partial charge in [0.1, 0.15) is 0 Å². The van der Waals surface area contributed by atoms with Crippen LogP contribution in [0.2, 0.25) is 0 Å². The Kier molecular flexibility index (Phi) is 7.88. The fraction of sp³-hybridized carbons (Fsp3) is 1.00. The van der Waals surface area contributed by atoms with Crippen LogP contribution in [0.4, 0.5) is 0 Å². The zero-order valence-electron chi connectivity index (χ0n) is 6.78. The molecule has 0 spiro atoms. The maximum absolute atomic E-state index is 5.82. The molecule has 0 saturated heterocycles. The predicted octanol–water partition coefficient (Wildman–Crippen LogP) is 2.68. The average molecular weight is 208 g/mol. The number of unbranched alkanes of at least 4 members (excludes halogenated alkanes) is 1. The van der Waals surface area contributed by atoms with Crippen molar-refractivity contribution in [3.8, 4) is 0 Å². The second-order valence-corrected chi connectivity index (χ2v) is 3.53. The first-order valence-electron chi connectivity index (χ1n) is 4.12. The van der Waals surface area contributed by atoms with Crippen molar-refractivity contribution >= 4 is 15.9 Å². The van der Waals surface area contributed by atoms with Crippen LogP contribution in [0, 0.1) is 0 Å². The number of alkyl halides is 1. The lowest BCUT2D eigenvalue weighted by atomic mass is 10.1. The van der Waals surface area contributed by atoms with E-state index in [2.05, 4.69) is 22.9 Å². The van der Waals surface area contributed by atoms with E-state index in [4.69, 9.17) is 5.73 Å². The summed E-state index contributed by atoms with van der Waals surface area (Å²) in [5.41, 5.74) is 5.82. The van der Waals surface area contributed by atoms with Gasteiger partial charge in [-0.15, -0.1) is 0 Å². The van der Waals surface area contributed by atoms with E-state index in [1.54, 1.807) is 0 Å². The molecular formula is C8H18BrN. The second-order valence-electron chi connectivity index (χ2n) is 2.73. The molecule has 0 aromatic carbocycles. The Morgan fingerprint density at radius 1 is 1.30 bits per heavy atom. The van der Waals surface area contributed by atoms with Gasteiger partial charge in [-0.25, -0.2) is 0 Å². The summed E-state index contributed by atoms with van der Waals surface area (Å²) < 4.78 is 0.